The van der Waals surface area contributed by atoms with Gasteiger partial charge < -0.3 is 19.5 Å². The van der Waals surface area contributed by atoms with Crippen LogP contribution in [0.4, 0.5) is 0 Å². The number of carbonyl (C=O) groups excluding carboxylic acids is 3. The van der Waals surface area contributed by atoms with Crippen LogP contribution in [0.5, 0.6) is 5.75 Å². The van der Waals surface area contributed by atoms with E-state index in [0.717, 1.165) is 62.4 Å². The highest BCUT2D eigenvalue weighted by molar-refractivity contribution is 5.83. The zero-order valence-electron chi connectivity index (χ0n) is 25.3. The van der Waals surface area contributed by atoms with Gasteiger partial charge in [0.15, 0.2) is 0 Å². The van der Waals surface area contributed by atoms with E-state index in [2.05, 4.69) is 10.0 Å². The first-order chi connectivity index (χ1) is 20.8. The summed E-state index contributed by atoms with van der Waals surface area (Å²) >= 11 is 0. The Morgan fingerprint density at radius 1 is 1.09 bits per heavy atom. The van der Waals surface area contributed by atoms with E-state index < -0.39 is 12.2 Å². The molecule has 0 aliphatic carbocycles. The van der Waals surface area contributed by atoms with Gasteiger partial charge in [-0.3, -0.25) is 29.4 Å². The average Bonchev–Trinajstić information content (AvgIpc) is 3.00. The van der Waals surface area contributed by atoms with Crippen LogP contribution in [-0.2, 0) is 32.1 Å². The zero-order valence-corrected chi connectivity index (χ0v) is 25.3. The number of rotatable bonds is 14. The lowest BCUT2D eigenvalue weighted by molar-refractivity contribution is -0.183. The average molecular weight is 594 g/mol. The molecular weight excluding hydrogens is 550 g/mol. The first kappa shape index (κ1) is 32.1. The highest BCUT2D eigenvalue weighted by Gasteiger charge is 2.41. The molecule has 2 aromatic carbocycles. The van der Waals surface area contributed by atoms with E-state index in [1.807, 2.05) is 54.5 Å². The van der Waals surface area contributed by atoms with Gasteiger partial charge in [0.05, 0.1) is 32.0 Å². The van der Waals surface area contributed by atoms with Crippen molar-refractivity contribution in [1.82, 2.24) is 29.7 Å². The van der Waals surface area contributed by atoms with Crippen molar-refractivity contribution in [2.45, 2.75) is 25.2 Å². The van der Waals surface area contributed by atoms with Crippen molar-refractivity contribution in [2.24, 2.45) is 5.10 Å². The number of carbonyl (C=O) groups is 3. The van der Waals surface area contributed by atoms with Crippen molar-refractivity contribution >= 4 is 24.8 Å². The number of likely N-dealkylation sites (N-methyl/N-ethyl adjacent to an activating group) is 3. The molecule has 12 nitrogen and oxygen atoms in total. The van der Waals surface area contributed by atoms with E-state index in [1.165, 1.54) is 9.91 Å². The standard InChI is InChI=1S/C31H43N7O5/c1-33(20-27-7-5-4-6-26(27)19-32-34(2)12-13-36-14-16-43-17-15-36)21-30-37(24-40)35(3)22-31(42)38(30)28(23-39)18-25-8-10-29(41)11-9-25/h4-11,19,23-24,28,30,41H,12-18,20-22H2,1-3H3/b32-19+/t28-,30?/m0/s1. The fourth-order valence-electron chi connectivity index (χ4n) is 5.46. The molecule has 0 aromatic heterocycles. The molecule has 2 atom stereocenters. The van der Waals surface area contributed by atoms with Gasteiger partial charge in [0.2, 0.25) is 12.3 Å². The fraction of sp³-hybridized carbons (Fsp3) is 0.484. The number of hydrogen-bond donors (Lipinski definition) is 1. The maximum atomic E-state index is 13.3. The van der Waals surface area contributed by atoms with Crippen molar-refractivity contribution < 1.29 is 24.2 Å². The monoisotopic (exact) mass is 593 g/mol. The summed E-state index contributed by atoms with van der Waals surface area (Å²) in [4.78, 5) is 43.8. The second-order valence-electron chi connectivity index (χ2n) is 11.1. The lowest BCUT2D eigenvalue weighted by Crippen LogP contribution is -2.68. The molecule has 43 heavy (non-hydrogen) atoms. The van der Waals surface area contributed by atoms with E-state index in [0.29, 0.717) is 19.5 Å². The molecule has 4 rings (SSSR count). The molecule has 1 N–H and O–H groups in total. The Hall–Kier alpha value is -3.84. The molecule has 2 amide bonds. The van der Waals surface area contributed by atoms with Crippen LogP contribution in [0.2, 0.25) is 0 Å². The number of hydrazine groups is 1. The van der Waals surface area contributed by atoms with Crippen LogP contribution < -0.4 is 0 Å². The molecule has 1 unspecified atom stereocenters. The summed E-state index contributed by atoms with van der Waals surface area (Å²) in [6, 6.07) is 13.8. The van der Waals surface area contributed by atoms with Crippen LogP contribution in [0.25, 0.3) is 0 Å². The number of hydrazone groups is 1. The number of ether oxygens (including phenoxy) is 1. The van der Waals surface area contributed by atoms with Gasteiger partial charge in [0.25, 0.3) is 0 Å². The van der Waals surface area contributed by atoms with Gasteiger partial charge in [-0.15, -0.1) is 0 Å². The summed E-state index contributed by atoms with van der Waals surface area (Å²) in [6.07, 6.45) is 2.91. The smallest absolute Gasteiger partial charge is 0.241 e. The normalized spacial score (nSPS) is 19.3. The van der Waals surface area contributed by atoms with Gasteiger partial charge in [-0.1, -0.05) is 36.4 Å². The van der Waals surface area contributed by atoms with Crippen LogP contribution in [-0.4, -0.2) is 145 Å². The summed E-state index contributed by atoms with van der Waals surface area (Å²) in [5, 5.41) is 19.3. The second kappa shape index (κ2) is 15.6. The molecule has 2 heterocycles. The van der Waals surface area contributed by atoms with Crippen molar-refractivity contribution in [3.8, 4) is 5.75 Å². The molecule has 2 aliphatic rings. The van der Waals surface area contributed by atoms with Crippen LogP contribution in [0, 0.1) is 0 Å². The Morgan fingerprint density at radius 3 is 2.51 bits per heavy atom. The lowest BCUT2D eigenvalue weighted by Gasteiger charge is -2.49. The quantitative estimate of drug-likeness (QED) is 0.192. The first-order valence-electron chi connectivity index (χ1n) is 14.6. The van der Waals surface area contributed by atoms with E-state index in [1.54, 1.807) is 36.3 Å². The van der Waals surface area contributed by atoms with Crippen molar-refractivity contribution in [3.05, 3.63) is 65.2 Å². The maximum Gasteiger partial charge on any atom is 0.241 e. The Morgan fingerprint density at radius 2 is 1.81 bits per heavy atom. The number of phenolic OH excluding ortho intramolecular Hbond substituents is 1. The topological polar surface area (TPSA) is 112 Å². The van der Waals surface area contributed by atoms with Crippen molar-refractivity contribution in [1.29, 1.82) is 0 Å². The zero-order chi connectivity index (χ0) is 30.8. The van der Waals surface area contributed by atoms with Gasteiger partial charge in [-0.25, -0.2) is 5.01 Å². The van der Waals surface area contributed by atoms with Crippen LogP contribution >= 0.6 is 0 Å². The fourth-order valence-corrected chi connectivity index (χ4v) is 5.46. The first-order valence-corrected chi connectivity index (χ1v) is 14.6. The van der Waals surface area contributed by atoms with Crippen molar-refractivity contribution in [2.75, 3.05) is 73.6 Å². The molecule has 0 saturated carbocycles. The third-order valence-electron chi connectivity index (χ3n) is 7.88. The molecule has 2 aliphatic heterocycles. The summed E-state index contributed by atoms with van der Waals surface area (Å²) < 4.78 is 5.42. The summed E-state index contributed by atoms with van der Waals surface area (Å²) in [7, 11) is 5.58. The van der Waals surface area contributed by atoms with Crippen LogP contribution in [0.1, 0.15) is 16.7 Å². The van der Waals surface area contributed by atoms with Crippen LogP contribution in [0.3, 0.4) is 0 Å². The summed E-state index contributed by atoms with van der Waals surface area (Å²) in [6.45, 7) is 6.01. The summed E-state index contributed by atoms with van der Waals surface area (Å²) in [5.41, 5.74) is 2.83. The summed E-state index contributed by atoms with van der Waals surface area (Å²) in [5.74, 6) is -0.110. The highest BCUT2D eigenvalue weighted by atomic mass is 16.5. The molecule has 0 radical (unpaired) electrons. The largest absolute Gasteiger partial charge is 0.508 e. The number of phenols is 1. The highest BCUT2D eigenvalue weighted by Crippen LogP contribution is 2.22. The maximum absolute atomic E-state index is 13.3. The molecule has 12 heteroatoms. The minimum atomic E-state index is -0.779. The number of aldehydes is 1. The minimum Gasteiger partial charge on any atom is -0.508 e. The van der Waals surface area contributed by atoms with E-state index in [-0.39, 0.29) is 24.6 Å². The van der Waals surface area contributed by atoms with Gasteiger partial charge in [-0.2, -0.15) is 5.10 Å². The Balaban J connectivity index is 1.45. The minimum absolute atomic E-state index is 0.0166. The van der Waals surface area contributed by atoms with Gasteiger partial charge in [0, 0.05) is 53.4 Å². The predicted molar refractivity (Wildman–Crippen MR) is 163 cm³/mol. The van der Waals surface area contributed by atoms with Gasteiger partial charge in [0.1, 0.15) is 18.2 Å². The van der Waals surface area contributed by atoms with Crippen LogP contribution in [0.15, 0.2) is 53.6 Å². The Kier molecular flexibility index (Phi) is 11.6. The molecule has 2 aromatic rings. The van der Waals surface area contributed by atoms with E-state index in [4.69, 9.17) is 4.74 Å². The number of amides is 2. The SMILES string of the molecule is CN(Cc1ccccc1/C=N/N(C)CCN1CCOCC1)CC1N([C@H](C=O)Cc2ccc(O)cc2)C(=O)CN(C)N1C=O. The number of hydrogen-bond acceptors (Lipinski definition) is 10. The van der Waals surface area contributed by atoms with E-state index in [9.17, 15) is 19.5 Å². The molecular formula is C31H43N7O5. The predicted octanol–water partition coefficient (Wildman–Crippen LogP) is 0.706. The molecule has 2 saturated heterocycles. The Labute approximate surface area is 253 Å². The molecule has 0 bridgehead atoms. The Bertz CT molecular complexity index is 1240. The third-order valence-corrected chi connectivity index (χ3v) is 7.88. The van der Waals surface area contributed by atoms with Crippen molar-refractivity contribution in [3.63, 3.8) is 0 Å². The third kappa shape index (κ3) is 8.83. The second-order valence-corrected chi connectivity index (χ2v) is 11.1. The number of morpholine rings is 1. The van der Waals surface area contributed by atoms with E-state index >= 15 is 0 Å². The molecule has 2 fully saturated rings. The lowest BCUT2D eigenvalue weighted by atomic mass is 10.0. The molecule has 232 valence electrons. The number of aromatic hydroxyl groups is 1. The number of benzene rings is 2. The van der Waals surface area contributed by atoms with Gasteiger partial charge in [-0.05, 0) is 42.3 Å². The van der Waals surface area contributed by atoms with Gasteiger partial charge >= 0.3 is 0 Å². The number of nitrogens with zero attached hydrogens (tertiary/aromatic N) is 7. The molecule has 0 spiro atoms.